The number of amides is 3. The van der Waals surface area contributed by atoms with Gasteiger partial charge in [-0.1, -0.05) is 58.0 Å². The molecule has 9 nitrogen and oxygen atoms in total. The second-order valence-corrected chi connectivity index (χ2v) is 10.7. The van der Waals surface area contributed by atoms with Gasteiger partial charge in [0.05, 0.1) is 7.11 Å². The van der Waals surface area contributed by atoms with Crippen LogP contribution in [0.1, 0.15) is 64.5 Å². The molecule has 2 heterocycles. The Kier molecular flexibility index (Phi) is 11.5. The molecule has 0 spiro atoms. The summed E-state index contributed by atoms with van der Waals surface area (Å²) < 4.78 is 6.87. The Balaban J connectivity index is 0.000000646. The number of rotatable bonds is 9. The number of nitrogens with zero attached hydrogens (tertiary/aromatic N) is 3. The lowest BCUT2D eigenvalue weighted by molar-refractivity contribution is -0.117. The van der Waals surface area contributed by atoms with E-state index in [9.17, 15) is 14.4 Å². The molecule has 228 valence electrons. The van der Waals surface area contributed by atoms with Gasteiger partial charge >= 0.3 is 6.03 Å². The highest BCUT2D eigenvalue weighted by Crippen LogP contribution is 2.35. The van der Waals surface area contributed by atoms with Gasteiger partial charge < -0.3 is 20.3 Å². The summed E-state index contributed by atoms with van der Waals surface area (Å²) in [5.74, 6) is 1.07. The summed E-state index contributed by atoms with van der Waals surface area (Å²) in [7, 11) is 3.24. The number of hydrogen-bond donors (Lipinski definition) is 2. The zero-order chi connectivity index (χ0) is 31.7. The fourth-order valence-electron chi connectivity index (χ4n) is 4.89. The molecule has 0 bridgehead atoms. The average molecular weight is 586 g/mol. The minimum Gasteiger partial charge on any atom is -0.497 e. The van der Waals surface area contributed by atoms with Crippen molar-refractivity contribution in [2.24, 2.45) is 7.05 Å². The van der Waals surface area contributed by atoms with Crippen LogP contribution < -0.4 is 20.9 Å². The molecule has 2 N–H and O–H groups in total. The lowest BCUT2D eigenvalue weighted by atomic mass is 9.93. The SMILES string of the molecule is CCN(C=O)CC.COc1cccc(-c2c(NC(=O)Nc3c(C(C)C)cccc3C(C)C)c(=O)n(C)c3ncccc23)c1. The summed E-state index contributed by atoms with van der Waals surface area (Å²) in [4.78, 5) is 43.0. The van der Waals surface area contributed by atoms with Gasteiger partial charge in [0.2, 0.25) is 6.41 Å². The van der Waals surface area contributed by atoms with Gasteiger partial charge in [-0.15, -0.1) is 0 Å². The number of nitrogens with one attached hydrogen (secondary N) is 2. The Bertz CT molecular complexity index is 1600. The number of benzene rings is 2. The number of aryl methyl sites for hydroxylation is 1. The van der Waals surface area contributed by atoms with Crippen LogP contribution in [0.4, 0.5) is 16.2 Å². The molecule has 2 aromatic heterocycles. The predicted molar refractivity (Wildman–Crippen MR) is 175 cm³/mol. The van der Waals surface area contributed by atoms with Gasteiger partial charge in [-0.3, -0.25) is 14.2 Å². The normalized spacial score (nSPS) is 10.7. The van der Waals surface area contributed by atoms with E-state index in [-0.39, 0.29) is 23.1 Å². The number of urea groups is 1. The van der Waals surface area contributed by atoms with Gasteiger partial charge in [0, 0.05) is 43.0 Å². The fourth-order valence-corrected chi connectivity index (χ4v) is 4.89. The summed E-state index contributed by atoms with van der Waals surface area (Å²) in [5.41, 5.74) is 4.55. The molecule has 0 aliphatic heterocycles. The number of ether oxygens (including phenoxy) is 1. The third kappa shape index (κ3) is 7.60. The Morgan fingerprint density at radius 3 is 2.09 bits per heavy atom. The van der Waals surface area contributed by atoms with Crippen molar-refractivity contribution in [3.8, 4) is 16.9 Å². The Morgan fingerprint density at radius 2 is 1.56 bits per heavy atom. The Hall–Kier alpha value is -4.66. The molecular formula is C34H43N5O4. The smallest absolute Gasteiger partial charge is 0.323 e. The standard InChI is InChI=1S/C29H32N4O3.C5H11NO/c1-17(2)21-12-8-13-22(18(3)4)25(21)31-29(35)32-26-24(19-10-7-11-20(16-19)36-6)23-14-9-15-30-27(23)33(5)28(26)34;1-3-6(4-2)5-7/h7-18H,1-6H3,(H2,31,32,35);5H,3-4H2,1-2H3. The van der Waals surface area contributed by atoms with Gasteiger partial charge in [-0.05, 0) is 66.6 Å². The number of carbonyl (C=O) groups is 2. The monoisotopic (exact) mass is 585 g/mol. The van der Waals surface area contributed by atoms with Crippen LogP contribution in [0.25, 0.3) is 22.2 Å². The van der Waals surface area contributed by atoms with Gasteiger partial charge in [0.15, 0.2) is 0 Å². The number of carbonyl (C=O) groups excluding carboxylic acids is 2. The molecule has 4 aromatic rings. The minimum atomic E-state index is -0.477. The first kappa shape index (κ1) is 32.8. The lowest BCUT2D eigenvalue weighted by Crippen LogP contribution is -2.29. The van der Waals surface area contributed by atoms with Crippen LogP contribution in [0.3, 0.4) is 0 Å². The van der Waals surface area contributed by atoms with E-state index in [2.05, 4.69) is 43.3 Å². The molecule has 0 aliphatic carbocycles. The van der Waals surface area contributed by atoms with Crippen molar-refractivity contribution in [3.63, 3.8) is 0 Å². The maximum absolute atomic E-state index is 13.5. The topological polar surface area (TPSA) is 106 Å². The van der Waals surface area contributed by atoms with Crippen molar-refractivity contribution in [3.05, 3.63) is 82.3 Å². The van der Waals surface area contributed by atoms with Crippen molar-refractivity contribution in [1.82, 2.24) is 14.5 Å². The number of anilines is 2. The Labute approximate surface area is 253 Å². The van der Waals surface area contributed by atoms with Gasteiger partial charge in [-0.25, -0.2) is 9.78 Å². The van der Waals surface area contributed by atoms with Crippen molar-refractivity contribution < 1.29 is 14.3 Å². The number of aromatic nitrogens is 2. The largest absolute Gasteiger partial charge is 0.497 e. The molecule has 4 rings (SSSR count). The summed E-state index contributed by atoms with van der Waals surface area (Å²) in [5, 5.41) is 6.67. The first-order chi connectivity index (χ1) is 20.6. The van der Waals surface area contributed by atoms with Crippen LogP contribution in [0, 0.1) is 0 Å². The van der Waals surface area contributed by atoms with Crippen LogP contribution >= 0.6 is 0 Å². The summed E-state index contributed by atoms with van der Waals surface area (Å²) in [6, 6.07) is 16.7. The van der Waals surface area contributed by atoms with E-state index in [4.69, 9.17) is 4.74 Å². The van der Waals surface area contributed by atoms with Crippen LogP contribution in [-0.2, 0) is 11.8 Å². The van der Waals surface area contributed by atoms with Crippen molar-refractivity contribution in [1.29, 1.82) is 0 Å². The van der Waals surface area contributed by atoms with E-state index in [1.54, 1.807) is 25.3 Å². The van der Waals surface area contributed by atoms with E-state index in [0.717, 1.165) is 47.3 Å². The van der Waals surface area contributed by atoms with Gasteiger partial charge in [-0.2, -0.15) is 0 Å². The highest BCUT2D eigenvalue weighted by molar-refractivity contribution is 6.07. The molecule has 0 saturated carbocycles. The van der Waals surface area contributed by atoms with Crippen LogP contribution in [0.5, 0.6) is 5.75 Å². The molecule has 0 radical (unpaired) electrons. The van der Waals surface area contributed by atoms with E-state index >= 15 is 0 Å². The van der Waals surface area contributed by atoms with Crippen molar-refractivity contribution in [2.45, 2.75) is 53.4 Å². The van der Waals surface area contributed by atoms with Crippen molar-refractivity contribution >= 4 is 34.8 Å². The predicted octanol–water partition coefficient (Wildman–Crippen LogP) is 6.98. The molecular weight excluding hydrogens is 542 g/mol. The number of para-hydroxylation sites is 1. The second kappa shape index (κ2) is 15.0. The third-order valence-electron chi connectivity index (χ3n) is 7.31. The first-order valence-corrected chi connectivity index (χ1v) is 14.6. The molecule has 0 aliphatic rings. The van der Waals surface area contributed by atoms with Gasteiger partial charge in [0.1, 0.15) is 17.1 Å². The molecule has 3 amide bonds. The van der Waals surface area contributed by atoms with E-state index < -0.39 is 6.03 Å². The summed E-state index contributed by atoms with van der Waals surface area (Å²) in [6.07, 6.45) is 2.51. The van der Waals surface area contributed by atoms with Crippen molar-refractivity contribution in [2.75, 3.05) is 30.8 Å². The number of fused-ring (bicyclic) bond motifs is 1. The van der Waals surface area contributed by atoms with Crippen LogP contribution in [0.15, 0.2) is 65.6 Å². The first-order valence-electron chi connectivity index (χ1n) is 14.6. The molecule has 9 heteroatoms. The summed E-state index contributed by atoms with van der Waals surface area (Å²) >= 11 is 0. The number of pyridine rings is 2. The molecule has 43 heavy (non-hydrogen) atoms. The zero-order valence-corrected chi connectivity index (χ0v) is 26.4. The van der Waals surface area contributed by atoms with Gasteiger partial charge in [0.25, 0.3) is 5.56 Å². The minimum absolute atomic E-state index is 0.178. The van der Waals surface area contributed by atoms with Crippen LogP contribution in [0.2, 0.25) is 0 Å². The van der Waals surface area contributed by atoms with E-state index in [1.165, 1.54) is 4.57 Å². The second-order valence-electron chi connectivity index (χ2n) is 10.7. The fraction of sp³-hybridized carbons (Fsp3) is 0.353. The quantitative estimate of drug-likeness (QED) is 0.206. The molecule has 0 saturated heterocycles. The average Bonchev–Trinajstić information content (AvgIpc) is 3.01. The highest BCUT2D eigenvalue weighted by atomic mass is 16.5. The molecule has 0 unspecified atom stereocenters. The number of hydrogen-bond acceptors (Lipinski definition) is 5. The lowest BCUT2D eigenvalue weighted by Gasteiger charge is -2.21. The molecule has 2 aromatic carbocycles. The Morgan fingerprint density at radius 1 is 0.953 bits per heavy atom. The maximum atomic E-state index is 13.5. The zero-order valence-electron chi connectivity index (χ0n) is 26.4. The maximum Gasteiger partial charge on any atom is 0.323 e. The number of methoxy groups -OCH3 is 1. The third-order valence-corrected chi connectivity index (χ3v) is 7.31. The molecule has 0 atom stereocenters. The van der Waals surface area contributed by atoms with E-state index in [1.807, 2.05) is 68.4 Å². The summed E-state index contributed by atoms with van der Waals surface area (Å²) in [6.45, 7) is 13.9. The highest BCUT2D eigenvalue weighted by Gasteiger charge is 2.22. The van der Waals surface area contributed by atoms with Crippen LogP contribution in [-0.4, -0.2) is 47.1 Å². The molecule has 0 fully saturated rings. The van der Waals surface area contributed by atoms with E-state index in [0.29, 0.717) is 17.0 Å².